The number of hydrogen-bond donors (Lipinski definition) is 2. The van der Waals surface area contributed by atoms with Gasteiger partial charge >= 0.3 is 0 Å². The minimum atomic E-state index is -0.546. The van der Waals surface area contributed by atoms with E-state index in [2.05, 4.69) is 15.3 Å². The maximum atomic E-state index is 13.1. The van der Waals surface area contributed by atoms with E-state index in [1.54, 1.807) is 31.4 Å². The molecule has 1 heterocycles. The van der Waals surface area contributed by atoms with Gasteiger partial charge in [-0.2, -0.15) is 5.26 Å². The van der Waals surface area contributed by atoms with Crippen molar-refractivity contribution in [2.75, 3.05) is 12.4 Å². The molecular formula is C26H22N4O3S. The van der Waals surface area contributed by atoms with Gasteiger partial charge in [0.05, 0.1) is 18.1 Å². The summed E-state index contributed by atoms with van der Waals surface area (Å²) in [5.74, 6) is 0.458. The van der Waals surface area contributed by atoms with E-state index in [1.165, 1.54) is 0 Å². The SMILES string of the molecule is CC[C@H](Sc1nc(-c2ccc(OC)cc2)c(C#N)c(=O)[nH]1)C(=O)Nc1cccc2ccccc12. The molecule has 4 rings (SSSR count). The van der Waals surface area contributed by atoms with Crippen LogP contribution in [0.5, 0.6) is 5.75 Å². The zero-order valence-corrected chi connectivity index (χ0v) is 19.5. The summed E-state index contributed by atoms with van der Waals surface area (Å²) >= 11 is 1.16. The lowest BCUT2D eigenvalue weighted by Crippen LogP contribution is -2.25. The van der Waals surface area contributed by atoms with Crippen LogP contribution in [0.3, 0.4) is 0 Å². The predicted molar refractivity (Wildman–Crippen MR) is 134 cm³/mol. The Morgan fingerprint density at radius 1 is 1.15 bits per heavy atom. The van der Waals surface area contributed by atoms with Crippen molar-refractivity contribution in [3.63, 3.8) is 0 Å². The van der Waals surface area contributed by atoms with Gasteiger partial charge in [-0.3, -0.25) is 9.59 Å². The lowest BCUT2D eigenvalue weighted by molar-refractivity contribution is -0.115. The minimum absolute atomic E-state index is 0.0808. The number of amides is 1. The third-order valence-corrected chi connectivity index (χ3v) is 6.59. The largest absolute Gasteiger partial charge is 0.497 e. The molecule has 1 amide bonds. The van der Waals surface area contributed by atoms with Crippen LogP contribution in [-0.4, -0.2) is 28.2 Å². The maximum absolute atomic E-state index is 13.1. The third-order valence-electron chi connectivity index (χ3n) is 5.34. The number of fused-ring (bicyclic) bond motifs is 1. The molecule has 0 unspecified atom stereocenters. The van der Waals surface area contributed by atoms with E-state index in [1.807, 2.05) is 55.5 Å². The number of carbonyl (C=O) groups excluding carboxylic acids is 1. The number of nitrogens with one attached hydrogen (secondary N) is 2. The van der Waals surface area contributed by atoms with Gasteiger partial charge in [0.1, 0.15) is 17.4 Å². The number of nitriles is 1. The first-order chi connectivity index (χ1) is 16.5. The second-order valence-electron chi connectivity index (χ2n) is 7.47. The van der Waals surface area contributed by atoms with Gasteiger partial charge in [-0.15, -0.1) is 0 Å². The van der Waals surface area contributed by atoms with E-state index < -0.39 is 10.8 Å². The molecule has 0 bridgehead atoms. The first-order valence-electron chi connectivity index (χ1n) is 10.7. The molecule has 0 spiro atoms. The van der Waals surface area contributed by atoms with Crippen molar-refractivity contribution < 1.29 is 9.53 Å². The molecule has 170 valence electrons. The van der Waals surface area contributed by atoms with Crippen molar-refractivity contribution in [3.05, 3.63) is 82.6 Å². The highest BCUT2D eigenvalue weighted by atomic mass is 32.2. The molecule has 3 aromatic carbocycles. The van der Waals surface area contributed by atoms with Gasteiger partial charge in [0.25, 0.3) is 5.56 Å². The Hall–Kier alpha value is -4.09. The standard InChI is InChI=1S/C26H22N4O3S/c1-3-22(25(32)28-21-10-6-8-16-7-4-5-9-19(16)21)34-26-29-23(20(15-27)24(31)30-26)17-11-13-18(33-2)14-12-17/h4-14,22H,3H2,1-2H3,(H,28,32)(H,29,30,31)/t22-/m0/s1. The quantitative estimate of drug-likeness (QED) is 0.291. The Morgan fingerprint density at radius 3 is 2.59 bits per heavy atom. The number of rotatable bonds is 7. The van der Waals surface area contributed by atoms with Gasteiger partial charge in [-0.25, -0.2) is 4.98 Å². The number of aromatic nitrogens is 2. The summed E-state index contributed by atoms with van der Waals surface area (Å²) in [7, 11) is 1.56. The van der Waals surface area contributed by atoms with E-state index in [4.69, 9.17) is 4.74 Å². The highest BCUT2D eigenvalue weighted by Crippen LogP contribution is 2.29. The van der Waals surface area contributed by atoms with Crippen molar-refractivity contribution >= 4 is 34.1 Å². The van der Waals surface area contributed by atoms with Crippen molar-refractivity contribution in [2.24, 2.45) is 0 Å². The Labute approximate surface area is 200 Å². The highest BCUT2D eigenvalue weighted by molar-refractivity contribution is 8.00. The zero-order valence-electron chi connectivity index (χ0n) is 18.7. The van der Waals surface area contributed by atoms with Gasteiger partial charge in [-0.05, 0) is 42.1 Å². The summed E-state index contributed by atoms with van der Waals surface area (Å²) in [6.45, 7) is 1.90. The summed E-state index contributed by atoms with van der Waals surface area (Å²) in [6, 6.07) is 22.4. The number of H-pyrrole nitrogens is 1. The van der Waals surface area contributed by atoms with E-state index in [9.17, 15) is 14.9 Å². The lowest BCUT2D eigenvalue weighted by atomic mass is 10.1. The van der Waals surface area contributed by atoms with Gasteiger partial charge in [0.15, 0.2) is 5.16 Å². The Bertz CT molecular complexity index is 1440. The van der Waals surface area contributed by atoms with Crippen molar-refractivity contribution in [1.82, 2.24) is 9.97 Å². The van der Waals surface area contributed by atoms with Gasteiger partial charge in [0, 0.05) is 16.6 Å². The molecule has 34 heavy (non-hydrogen) atoms. The van der Waals surface area contributed by atoms with Crippen LogP contribution in [0.2, 0.25) is 0 Å². The third kappa shape index (κ3) is 4.80. The van der Waals surface area contributed by atoms with Crippen LogP contribution >= 0.6 is 11.8 Å². The van der Waals surface area contributed by atoms with Crippen LogP contribution < -0.4 is 15.6 Å². The number of thioether (sulfide) groups is 1. The number of anilines is 1. The number of aromatic amines is 1. The number of hydrogen-bond acceptors (Lipinski definition) is 6. The summed E-state index contributed by atoms with van der Waals surface area (Å²) < 4.78 is 5.18. The molecule has 0 saturated carbocycles. The molecule has 8 heteroatoms. The van der Waals surface area contributed by atoms with Crippen molar-refractivity contribution in [2.45, 2.75) is 23.8 Å². The molecule has 2 N–H and O–H groups in total. The lowest BCUT2D eigenvalue weighted by Gasteiger charge is -2.16. The molecule has 0 aliphatic heterocycles. The molecule has 0 aliphatic carbocycles. The monoisotopic (exact) mass is 470 g/mol. The number of methoxy groups -OCH3 is 1. The highest BCUT2D eigenvalue weighted by Gasteiger charge is 2.22. The topological polar surface area (TPSA) is 108 Å². The fourth-order valence-corrected chi connectivity index (χ4v) is 4.47. The summed E-state index contributed by atoms with van der Waals surface area (Å²) in [5, 5.41) is 14.3. The van der Waals surface area contributed by atoms with Gasteiger partial charge in [0.2, 0.25) is 5.91 Å². The Morgan fingerprint density at radius 2 is 1.88 bits per heavy atom. The first-order valence-corrected chi connectivity index (χ1v) is 11.6. The molecule has 0 fully saturated rings. The van der Waals surface area contributed by atoms with Gasteiger partial charge < -0.3 is 15.0 Å². The smallest absolute Gasteiger partial charge is 0.270 e. The molecule has 1 atom stereocenters. The van der Waals surface area contributed by atoms with Crippen LogP contribution in [0, 0.1) is 11.3 Å². The summed E-state index contributed by atoms with van der Waals surface area (Å²) in [4.78, 5) is 32.9. The molecule has 4 aromatic rings. The van der Waals surface area contributed by atoms with E-state index >= 15 is 0 Å². The fourth-order valence-electron chi connectivity index (χ4n) is 3.57. The van der Waals surface area contributed by atoms with Crippen LogP contribution in [0.4, 0.5) is 5.69 Å². The second-order valence-corrected chi connectivity index (χ2v) is 8.66. The Balaban J connectivity index is 1.62. The minimum Gasteiger partial charge on any atom is -0.497 e. The normalized spacial score (nSPS) is 11.6. The molecular weight excluding hydrogens is 448 g/mol. The fraction of sp³-hybridized carbons (Fsp3) is 0.154. The number of carbonyl (C=O) groups is 1. The van der Waals surface area contributed by atoms with E-state index in [0.29, 0.717) is 17.7 Å². The van der Waals surface area contributed by atoms with Crippen molar-refractivity contribution in [1.29, 1.82) is 5.26 Å². The molecule has 0 aliphatic rings. The maximum Gasteiger partial charge on any atom is 0.270 e. The Kier molecular flexibility index (Phi) is 6.95. The summed E-state index contributed by atoms with van der Waals surface area (Å²) in [5.41, 5.74) is 0.972. The zero-order chi connectivity index (χ0) is 24.1. The predicted octanol–water partition coefficient (Wildman–Crippen LogP) is 4.98. The molecule has 0 radical (unpaired) electrons. The van der Waals surface area contributed by atoms with Crippen LogP contribution in [0.15, 0.2) is 76.7 Å². The van der Waals surface area contributed by atoms with Crippen LogP contribution in [0.25, 0.3) is 22.0 Å². The number of nitrogens with zero attached hydrogens (tertiary/aromatic N) is 2. The number of benzene rings is 3. The second kappa shape index (κ2) is 10.2. The van der Waals surface area contributed by atoms with Crippen LogP contribution in [0.1, 0.15) is 18.9 Å². The van der Waals surface area contributed by atoms with E-state index in [0.717, 1.165) is 28.2 Å². The summed E-state index contributed by atoms with van der Waals surface area (Å²) in [6.07, 6.45) is 0.517. The van der Waals surface area contributed by atoms with E-state index in [-0.39, 0.29) is 22.3 Å². The molecule has 0 saturated heterocycles. The van der Waals surface area contributed by atoms with Gasteiger partial charge in [-0.1, -0.05) is 55.1 Å². The average molecular weight is 471 g/mol. The van der Waals surface area contributed by atoms with Crippen LogP contribution in [-0.2, 0) is 4.79 Å². The molecule has 7 nitrogen and oxygen atoms in total. The molecule has 1 aromatic heterocycles. The van der Waals surface area contributed by atoms with Crippen molar-refractivity contribution in [3.8, 4) is 23.1 Å². The first kappa shape index (κ1) is 23.1. The average Bonchev–Trinajstić information content (AvgIpc) is 2.87. The number of ether oxygens (including phenoxy) is 1.